The van der Waals surface area contributed by atoms with Gasteiger partial charge in [0.05, 0.1) is 11.9 Å². The van der Waals surface area contributed by atoms with Gasteiger partial charge in [-0.1, -0.05) is 6.07 Å². The molecule has 0 fully saturated rings. The van der Waals surface area contributed by atoms with Crippen molar-refractivity contribution in [2.75, 3.05) is 5.32 Å². The van der Waals surface area contributed by atoms with Crippen LogP contribution in [-0.2, 0) is 0 Å². The monoisotopic (exact) mass is 257 g/mol. The van der Waals surface area contributed by atoms with Crippen LogP contribution in [0.2, 0.25) is 0 Å². The third-order valence-electron chi connectivity index (χ3n) is 2.36. The van der Waals surface area contributed by atoms with Gasteiger partial charge in [0.15, 0.2) is 0 Å². The molecule has 0 aliphatic carbocycles. The molecule has 0 radical (unpaired) electrons. The number of hydrogen-bond donors (Lipinski definition) is 2. The minimum Gasteiger partial charge on any atom is -0.477 e. The standard InChI is InChI=1S/C13H11N3O3/c1-8-3-2-4-10(15-8)12(17)16-9-5-6-11(13(18)19)14-7-9/h2-7H,1H3,(H,16,17)(H,18,19). The molecule has 2 aromatic rings. The van der Waals surface area contributed by atoms with Crippen LogP contribution >= 0.6 is 0 Å². The maximum absolute atomic E-state index is 11.9. The van der Waals surface area contributed by atoms with Gasteiger partial charge in [-0.3, -0.25) is 4.79 Å². The maximum atomic E-state index is 11.9. The van der Waals surface area contributed by atoms with E-state index in [-0.39, 0.29) is 11.6 Å². The molecule has 6 nitrogen and oxygen atoms in total. The maximum Gasteiger partial charge on any atom is 0.354 e. The number of anilines is 1. The van der Waals surface area contributed by atoms with Crippen molar-refractivity contribution in [1.82, 2.24) is 9.97 Å². The number of rotatable bonds is 3. The van der Waals surface area contributed by atoms with Crippen LogP contribution in [-0.4, -0.2) is 27.0 Å². The molecule has 96 valence electrons. The molecular weight excluding hydrogens is 246 g/mol. The molecule has 0 aliphatic rings. The van der Waals surface area contributed by atoms with Crippen LogP contribution < -0.4 is 5.32 Å². The number of carbonyl (C=O) groups is 2. The van der Waals surface area contributed by atoms with E-state index in [1.165, 1.54) is 18.3 Å². The number of carboxylic acids is 1. The highest BCUT2D eigenvalue weighted by atomic mass is 16.4. The Morgan fingerprint density at radius 1 is 1.16 bits per heavy atom. The molecule has 19 heavy (non-hydrogen) atoms. The summed E-state index contributed by atoms with van der Waals surface area (Å²) in [6.07, 6.45) is 1.29. The molecule has 0 saturated carbocycles. The molecule has 1 amide bonds. The number of carbonyl (C=O) groups excluding carboxylic acids is 1. The Morgan fingerprint density at radius 2 is 1.95 bits per heavy atom. The van der Waals surface area contributed by atoms with Crippen LogP contribution in [0.4, 0.5) is 5.69 Å². The number of aromatic carboxylic acids is 1. The zero-order valence-electron chi connectivity index (χ0n) is 10.1. The number of carboxylic acid groups (broad SMARTS) is 1. The molecule has 0 atom stereocenters. The topological polar surface area (TPSA) is 92.2 Å². The number of nitrogens with zero attached hydrogens (tertiary/aromatic N) is 2. The highest BCUT2D eigenvalue weighted by Gasteiger charge is 2.09. The van der Waals surface area contributed by atoms with Gasteiger partial charge < -0.3 is 10.4 Å². The van der Waals surface area contributed by atoms with Crippen LogP contribution in [0.3, 0.4) is 0 Å². The van der Waals surface area contributed by atoms with Crippen LogP contribution in [0.15, 0.2) is 36.5 Å². The predicted octanol–water partition coefficient (Wildman–Crippen LogP) is 1.74. The summed E-state index contributed by atoms with van der Waals surface area (Å²) in [6, 6.07) is 7.93. The Bertz CT molecular complexity index is 623. The second kappa shape index (κ2) is 5.26. The van der Waals surface area contributed by atoms with Gasteiger partial charge in [-0.2, -0.15) is 0 Å². The summed E-state index contributed by atoms with van der Waals surface area (Å²) in [4.78, 5) is 30.3. The van der Waals surface area contributed by atoms with E-state index in [0.717, 1.165) is 5.69 Å². The third-order valence-corrected chi connectivity index (χ3v) is 2.36. The molecule has 6 heteroatoms. The SMILES string of the molecule is Cc1cccc(C(=O)Nc2ccc(C(=O)O)nc2)n1. The van der Waals surface area contributed by atoms with Crippen molar-refractivity contribution >= 4 is 17.6 Å². The zero-order chi connectivity index (χ0) is 13.8. The normalized spacial score (nSPS) is 9.95. The summed E-state index contributed by atoms with van der Waals surface area (Å²) < 4.78 is 0. The molecule has 0 aromatic carbocycles. The first-order valence-corrected chi connectivity index (χ1v) is 5.50. The lowest BCUT2D eigenvalue weighted by Gasteiger charge is -2.05. The van der Waals surface area contributed by atoms with Gasteiger partial charge in [-0.25, -0.2) is 14.8 Å². The smallest absolute Gasteiger partial charge is 0.354 e. The summed E-state index contributed by atoms with van der Waals surface area (Å²) in [5.74, 6) is -1.48. The third kappa shape index (κ3) is 3.12. The van der Waals surface area contributed by atoms with E-state index in [2.05, 4.69) is 15.3 Å². The van der Waals surface area contributed by atoms with Crippen LogP contribution in [0.5, 0.6) is 0 Å². The lowest BCUT2D eigenvalue weighted by molar-refractivity contribution is 0.0690. The van der Waals surface area contributed by atoms with Gasteiger partial charge in [-0.05, 0) is 31.2 Å². The second-order valence-electron chi connectivity index (χ2n) is 3.86. The van der Waals surface area contributed by atoms with Gasteiger partial charge in [0, 0.05) is 5.69 Å². The fraction of sp³-hybridized carbons (Fsp3) is 0.0769. The Labute approximate surface area is 109 Å². The highest BCUT2D eigenvalue weighted by Crippen LogP contribution is 2.08. The van der Waals surface area contributed by atoms with Gasteiger partial charge in [0.1, 0.15) is 11.4 Å². The molecule has 0 saturated heterocycles. The Kier molecular flexibility index (Phi) is 3.51. The van der Waals surface area contributed by atoms with Gasteiger partial charge in [-0.15, -0.1) is 0 Å². The number of aromatic nitrogens is 2. The van der Waals surface area contributed by atoms with Gasteiger partial charge in [0.2, 0.25) is 0 Å². The average Bonchev–Trinajstić information content (AvgIpc) is 2.39. The first-order valence-electron chi connectivity index (χ1n) is 5.50. The summed E-state index contributed by atoms with van der Waals surface area (Å²) in [5, 5.41) is 11.3. The first kappa shape index (κ1) is 12.7. The Balaban J connectivity index is 2.13. The van der Waals surface area contributed by atoms with E-state index in [4.69, 9.17) is 5.11 Å². The van der Waals surface area contributed by atoms with Crippen molar-refractivity contribution in [3.63, 3.8) is 0 Å². The molecule has 0 bridgehead atoms. The minimum absolute atomic E-state index is 0.0771. The number of aryl methyl sites for hydroxylation is 1. The summed E-state index contributed by atoms with van der Waals surface area (Å²) in [5.41, 5.74) is 1.37. The van der Waals surface area contributed by atoms with E-state index in [9.17, 15) is 9.59 Å². The lowest BCUT2D eigenvalue weighted by atomic mass is 10.3. The lowest BCUT2D eigenvalue weighted by Crippen LogP contribution is -2.14. The van der Waals surface area contributed by atoms with Crippen LogP contribution in [0.1, 0.15) is 26.7 Å². The van der Waals surface area contributed by atoms with Crippen molar-refractivity contribution in [1.29, 1.82) is 0 Å². The zero-order valence-corrected chi connectivity index (χ0v) is 10.1. The Hall–Kier alpha value is -2.76. The van der Waals surface area contributed by atoms with E-state index < -0.39 is 5.97 Å². The number of nitrogens with one attached hydrogen (secondary N) is 1. The van der Waals surface area contributed by atoms with E-state index >= 15 is 0 Å². The molecule has 2 N–H and O–H groups in total. The number of hydrogen-bond acceptors (Lipinski definition) is 4. The molecule has 0 aliphatic heterocycles. The van der Waals surface area contributed by atoms with Crippen LogP contribution in [0.25, 0.3) is 0 Å². The minimum atomic E-state index is -1.11. The quantitative estimate of drug-likeness (QED) is 0.873. The molecular formula is C13H11N3O3. The van der Waals surface area contributed by atoms with E-state index in [1.807, 2.05) is 0 Å². The van der Waals surface area contributed by atoms with E-state index in [0.29, 0.717) is 11.4 Å². The molecule has 2 heterocycles. The van der Waals surface area contributed by atoms with Crippen molar-refractivity contribution in [2.45, 2.75) is 6.92 Å². The average molecular weight is 257 g/mol. The predicted molar refractivity (Wildman–Crippen MR) is 68.1 cm³/mol. The molecule has 0 unspecified atom stereocenters. The molecule has 2 aromatic heterocycles. The first-order chi connectivity index (χ1) is 9.06. The molecule has 2 rings (SSSR count). The second-order valence-corrected chi connectivity index (χ2v) is 3.86. The van der Waals surface area contributed by atoms with E-state index in [1.54, 1.807) is 25.1 Å². The fourth-order valence-corrected chi connectivity index (χ4v) is 1.46. The number of pyridine rings is 2. The Morgan fingerprint density at radius 3 is 2.53 bits per heavy atom. The number of amides is 1. The summed E-state index contributed by atoms with van der Waals surface area (Å²) >= 11 is 0. The fourth-order valence-electron chi connectivity index (χ4n) is 1.46. The summed E-state index contributed by atoms with van der Waals surface area (Å²) in [7, 11) is 0. The van der Waals surface area contributed by atoms with Gasteiger partial charge >= 0.3 is 5.97 Å². The van der Waals surface area contributed by atoms with Crippen LogP contribution in [0, 0.1) is 6.92 Å². The van der Waals surface area contributed by atoms with Crippen molar-refractivity contribution in [3.05, 3.63) is 53.6 Å². The van der Waals surface area contributed by atoms with Crippen molar-refractivity contribution in [2.24, 2.45) is 0 Å². The van der Waals surface area contributed by atoms with Crippen molar-refractivity contribution < 1.29 is 14.7 Å². The van der Waals surface area contributed by atoms with Crippen molar-refractivity contribution in [3.8, 4) is 0 Å². The summed E-state index contributed by atoms with van der Waals surface area (Å²) in [6.45, 7) is 1.79. The molecule has 0 spiro atoms. The van der Waals surface area contributed by atoms with Gasteiger partial charge in [0.25, 0.3) is 5.91 Å². The largest absolute Gasteiger partial charge is 0.477 e. The highest BCUT2D eigenvalue weighted by molar-refractivity contribution is 6.02.